The third-order valence-electron chi connectivity index (χ3n) is 3.72. The molecule has 11 nitrogen and oxygen atoms in total. The standard InChI is InChI=1S/C17H15N7O4/c1-11-2-4-12(5-3-11)20-16-15(24(27)28)17(19-10-18-16)22-21-13-6-8-14(9-7-13)23(25)26/h2-10,21H,1H3,(H2,18,19,20,22). The Bertz CT molecular complexity index is 1010. The monoisotopic (exact) mass is 381 g/mol. The molecule has 0 spiro atoms. The number of anilines is 4. The predicted octanol–water partition coefficient (Wildman–Crippen LogP) is 3.78. The van der Waals surface area contributed by atoms with Gasteiger partial charge in [0.25, 0.3) is 5.69 Å². The summed E-state index contributed by atoms with van der Waals surface area (Å²) in [4.78, 5) is 29.0. The molecule has 28 heavy (non-hydrogen) atoms. The van der Waals surface area contributed by atoms with E-state index in [4.69, 9.17) is 0 Å². The van der Waals surface area contributed by atoms with E-state index in [0.717, 1.165) is 5.56 Å². The number of hydrazine groups is 1. The predicted molar refractivity (Wildman–Crippen MR) is 103 cm³/mol. The number of nitro groups is 2. The minimum Gasteiger partial charge on any atom is -0.334 e. The highest BCUT2D eigenvalue weighted by atomic mass is 16.6. The number of nitrogens with one attached hydrogen (secondary N) is 3. The second-order valence-electron chi connectivity index (χ2n) is 5.72. The molecule has 0 bridgehead atoms. The van der Waals surface area contributed by atoms with Crippen molar-refractivity contribution >= 4 is 34.4 Å². The number of hydrogen-bond donors (Lipinski definition) is 3. The van der Waals surface area contributed by atoms with E-state index in [1.54, 1.807) is 12.1 Å². The normalized spacial score (nSPS) is 10.2. The molecule has 3 aromatic rings. The lowest BCUT2D eigenvalue weighted by atomic mass is 10.2. The van der Waals surface area contributed by atoms with Crippen LogP contribution < -0.4 is 16.2 Å². The van der Waals surface area contributed by atoms with Crippen molar-refractivity contribution in [3.63, 3.8) is 0 Å². The highest BCUT2D eigenvalue weighted by molar-refractivity contribution is 5.74. The minimum absolute atomic E-state index is 0.0249. The number of nitrogens with zero attached hydrogens (tertiary/aromatic N) is 4. The van der Waals surface area contributed by atoms with E-state index in [-0.39, 0.29) is 23.0 Å². The van der Waals surface area contributed by atoms with Crippen LogP contribution in [0.25, 0.3) is 0 Å². The third kappa shape index (κ3) is 4.27. The van der Waals surface area contributed by atoms with Gasteiger partial charge >= 0.3 is 5.69 Å². The Kier molecular flexibility index (Phi) is 5.25. The van der Waals surface area contributed by atoms with Gasteiger partial charge in [0, 0.05) is 17.8 Å². The Morgan fingerprint density at radius 3 is 2.00 bits per heavy atom. The molecule has 0 unspecified atom stereocenters. The van der Waals surface area contributed by atoms with Crippen molar-refractivity contribution in [2.24, 2.45) is 0 Å². The third-order valence-corrected chi connectivity index (χ3v) is 3.72. The van der Waals surface area contributed by atoms with Gasteiger partial charge in [-0.05, 0) is 31.2 Å². The molecular weight excluding hydrogens is 366 g/mol. The fraction of sp³-hybridized carbons (Fsp3) is 0.0588. The summed E-state index contributed by atoms with van der Waals surface area (Å²) in [5.41, 5.74) is 7.11. The number of benzene rings is 2. The molecule has 3 rings (SSSR count). The Hall–Kier alpha value is -4.28. The first-order valence-electron chi connectivity index (χ1n) is 8.03. The van der Waals surface area contributed by atoms with E-state index in [0.29, 0.717) is 11.4 Å². The molecule has 0 saturated carbocycles. The Labute approximate surface area is 158 Å². The van der Waals surface area contributed by atoms with Gasteiger partial charge in [-0.1, -0.05) is 17.7 Å². The highest BCUT2D eigenvalue weighted by Crippen LogP contribution is 2.31. The number of aromatic nitrogens is 2. The van der Waals surface area contributed by atoms with Crippen molar-refractivity contribution in [1.82, 2.24) is 9.97 Å². The van der Waals surface area contributed by atoms with Gasteiger partial charge < -0.3 is 5.32 Å². The second-order valence-corrected chi connectivity index (χ2v) is 5.72. The van der Waals surface area contributed by atoms with Crippen LogP contribution in [0.5, 0.6) is 0 Å². The molecule has 3 N–H and O–H groups in total. The second kappa shape index (κ2) is 7.95. The van der Waals surface area contributed by atoms with Crippen molar-refractivity contribution < 1.29 is 9.85 Å². The smallest absolute Gasteiger partial charge is 0.334 e. The lowest BCUT2D eigenvalue weighted by molar-refractivity contribution is -0.384. The molecule has 0 aliphatic heterocycles. The summed E-state index contributed by atoms with van der Waals surface area (Å²) in [6.07, 6.45) is 1.18. The summed E-state index contributed by atoms with van der Waals surface area (Å²) in [7, 11) is 0. The molecule has 0 aliphatic rings. The largest absolute Gasteiger partial charge is 0.355 e. The van der Waals surface area contributed by atoms with E-state index in [2.05, 4.69) is 26.1 Å². The lowest BCUT2D eigenvalue weighted by Gasteiger charge is -2.11. The maximum Gasteiger partial charge on any atom is 0.355 e. The fourth-order valence-electron chi connectivity index (χ4n) is 2.31. The van der Waals surface area contributed by atoms with Crippen LogP contribution in [0.15, 0.2) is 54.9 Å². The first-order chi connectivity index (χ1) is 13.4. The van der Waals surface area contributed by atoms with Gasteiger partial charge in [0.1, 0.15) is 6.33 Å². The average Bonchev–Trinajstić information content (AvgIpc) is 2.68. The van der Waals surface area contributed by atoms with E-state index >= 15 is 0 Å². The molecule has 0 radical (unpaired) electrons. The van der Waals surface area contributed by atoms with Crippen LogP contribution in [-0.4, -0.2) is 19.8 Å². The topological polar surface area (TPSA) is 148 Å². The average molecular weight is 381 g/mol. The van der Waals surface area contributed by atoms with Gasteiger partial charge in [-0.3, -0.25) is 31.1 Å². The summed E-state index contributed by atoms with van der Waals surface area (Å²) >= 11 is 0. The zero-order chi connectivity index (χ0) is 20.1. The molecule has 0 atom stereocenters. The van der Waals surface area contributed by atoms with Crippen LogP contribution in [0, 0.1) is 27.2 Å². The van der Waals surface area contributed by atoms with Gasteiger partial charge in [0.15, 0.2) is 0 Å². The van der Waals surface area contributed by atoms with Crippen molar-refractivity contribution in [2.45, 2.75) is 6.92 Å². The number of rotatable bonds is 7. The van der Waals surface area contributed by atoms with Gasteiger partial charge in [0.05, 0.1) is 15.5 Å². The van der Waals surface area contributed by atoms with Gasteiger partial charge in [-0.15, -0.1) is 0 Å². The Morgan fingerprint density at radius 1 is 0.786 bits per heavy atom. The number of hydrogen-bond acceptors (Lipinski definition) is 9. The molecule has 2 aromatic carbocycles. The van der Waals surface area contributed by atoms with E-state index in [1.807, 2.05) is 19.1 Å². The van der Waals surface area contributed by atoms with Crippen LogP contribution in [0.3, 0.4) is 0 Å². The van der Waals surface area contributed by atoms with Gasteiger partial charge in [0.2, 0.25) is 11.6 Å². The molecule has 11 heteroatoms. The number of aryl methyl sites for hydroxylation is 1. The molecule has 0 saturated heterocycles. The Morgan fingerprint density at radius 2 is 1.39 bits per heavy atom. The van der Waals surface area contributed by atoms with Crippen LogP contribution in [0.1, 0.15) is 5.56 Å². The first-order valence-corrected chi connectivity index (χ1v) is 8.03. The molecular formula is C17H15N7O4. The molecule has 0 aliphatic carbocycles. The summed E-state index contributed by atoms with van der Waals surface area (Å²) < 4.78 is 0. The number of nitro benzene ring substituents is 1. The molecule has 1 heterocycles. The zero-order valence-electron chi connectivity index (χ0n) is 14.6. The SMILES string of the molecule is Cc1ccc(Nc2ncnc(NNc3ccc([N+](=O)[O-])cc3)c2[N+](=O)[O-])cc1. The van der Waals surface area contributed by atoms with Crippen molar-refractivity contribution in [2.75, 3.05) is 16.2 Å². The molecule has 142 valence electrons. The molecule has 0 fully saturated rings. The Balaban J connectivity index is 1.81. The fourth-order valence-corrected chi connectivity index (χ4v) is 2.31. The quantitative estimate of drug-likeness (QED) is 0.410. The van der Waals surface area contributed by atoms with Gasteiger partial charge in [-0.2, -0.15) is 0 Å². The zero-order valence-corrected chi connectivity index (χ0v) is 14.6. The summed E-state index contributed by atoms with van der Waals surface area (Å²) in [6.45, 7) is 1.93. The van der Waals surface area contributed by atoms with E-state index in [1.165, 1.54) is 30.6 Å². The van der Waals surface area contributed by atoms with Crippen LogP contribution in [-0.2, 0) is 0 Å². The van der Waals surface area contributed by atoms with Crippen LogP contribution in [0.4, 0.5) is 34.4 Å². The first kappa shape index (κ1) is 18.5. The van der Waals surface area contributed by atoms with E-state index in [9.17, 15) is 20.2 Å². The van der Waals surface area contributed by atoms with Crippen molar-refractivity contribution in [3.05, 3.63) is 80.7 Å². The van der Waals surface area contributed by atoms with Crippen LogP contribution >= 0.6 is 0 Å². The number of non-ortho nitro benzene ring substituents is 1. The molecule has 1 aromatic heterocycles. The van der Waals surface area contributed by atoms with Crippen LogP contribution in [0.2, 0.25) is 0 Å². The lowest BCUT2D eigenvalue weighted by Crippen LogP contribution is -2.13. The van der Waals surface area contributed by atoms with Crippen molar-refractivity contribution in [1.29, 1.82) is 0 Å². The van der Waals surface area contributed by atoms with Gasteiger partial charge in [-0.25, -0.2) is 9.97 Å². The summed E-state index contributed by atoms with van der Waals surface area (Å²) in [6, 6.07) is 12.8. The summed E-state index contributed by atoms with van der Waals surface area (Å²) in [5, 5.41) is 25.2. The maximum absolute atomic E-state index is 11.6. The van der Waals surface area contributed by atoms with E-state index < -0.39 is 9.85 Å². The summed E-state index contributed by atoms with van der Waals surface area (Å²) in [5.74, 6) is -0.0372. The maximum atomic E-state index is 11.6. The van der Waals surface area contributed by atoms with Crippen molar-refractivity contribution in [3.8, 4) is 0 Å². The highest BCUT2D eigenvalue weighted by Gasteiger charge is 2.23. The minimum atomic E-state index is -0.601. The molecule has 0 amide bonds.